The molecule has 0 aliphatic carbocycles. The first kappa shape index (κ1) is 22.9. The lowest BCUT2D eigenvalue weighted by molar-refractivity contribution is -0.130. The minimum atomic E-state index is -1.16. The molecule has 7 heteroatoms. The van der Waals surface area contributed by atoms with E-state index in [2.05, 4.69) is 16.0 Å². The highest BCUT2D eigenvalue weighted by Crippen LogP contribution is 2.49. The van der Waals surface area contributed by atoms with E-state index in [9.17, 15) is 14.7 Å². The largest absolute Gasteiger partial charge is 0.508 e. The fourth-order valence-corrected chi connectivity index (χ4v) is 5.33. The van der Waals surface area contributed by atoms with Crippen molar-refractivity contribution in [2.24, 2.45) is 5.92 Å². The molecule has 0 unspecified atom stereocenters. The summed E-state index contributed by atoms with van der Waals surface area (Å²) >= 11 is 0. The second-order valence-electron chi connectivity index (χ2n) is 9.41. The molecule has 2 amide bonds. The van der Waals surface area contributed by atoms with Crippen LogP contribution in [0.3, 0.4) is 0 Å². The maximum Gasteiger partial charge on any atom is 0.250 e. The number of amides is 2. The predicted octanol–water partition coefficient (Wildman–Crippen LogP) is 4.02. The molecule has 35 heavy (non-hydrogen) atoms. The topological polar surface area (TPSA) is 99.7 Å². The van der Waals surface area contributed by atoms with Crippen molar-refractivity contribution in [2.45, 2.75) is 38.3 Å². The van der Waals surface area contributed by atoms with Crippen molar-refractivity contribution in [3.63, 3.8) is 0 Å². The van der Waals surface area contributed by atoms with Crippen LogP contribution in [0.2, 0.25) is 0 Å². The summed E-state index contributed by atoms with van der Waals surface area (Å²) in [7, 11) is 1.59. The van der Waals surface area contributed by atoms with Crippen LogP contribution in [0, 0.1) is 19.8 Å². The second-order valence-corrected chi connectivity index (χ2v) is 9.41. The molecule has 2 heterocycles. The molecule has 4 N–H and O–H groups in total. The maximum atomic E-state index is 13.7. The van der Waals surface area contributed by atoms with E-state index in [0.717, 1.165) is 27.9 Å². The molecule has 2 aliphatic rings. The van der Waals surface area contributed by atoms with Gasteiger partial charge in [-0.3, -0.25) is 14.9 Å². The van der Waals surface area contributed by atoms with Gasteiger partial charge in [-0.2, -0.15) is 0 Å². The lowest BCUT2D eigenvalue weighted by atomic mass is 9.78. The molecular formula is C28H29N3O4. The summed E-state index contributed by atoms with van der Waals surface area (Å²) in [4.78, 5) is 27.3. The predicted molar refractivity (Wildman–Crippen MR) is 135 cm³/mol. The molecule has 0 aromatic heterocycles. The Balaban J connectivity index is 1.51. The number of ether oxygens (including phenoxy) is 1. The Kier molecular flexibility index (Phi) is 5.73. The third kappa shape index (κ3) is 3.91. The highest BCUT2D eigenvalue weighted by Gasteiger charge is 2.60. The van der Waals surface area contributed by atoms with Gasteiger partial charge in [0.1, 0.15) is 17.0 Å². The molecule has 0 saturated carbocycles. The van der Waals surface area contributed by atoms with Gasteiger partial charge in [0.25, 0.3) is 0 Å². The van der Waals surface area contributed by atoms with Crippen LogP contribution in [-0.4, -0.2) is 30.1 Å². The van der Waals surface area contributed by atoms with Crippen LogP contribution in [0.15, 0.2) is 60.7 Å². The molecule has 1 spiro atoms. The lowest BCUT2D eigenvalue weighted by Gasteiger charge is -2.29. The number of carbonyl (C=O) groups is 2. The van der Waals surface area contributed by atoms with E-state index in [1.165, 1.54) is 0 Å². The van der Waals surface area contributed by atoms with E-state index in [1.807, 2.05) is 38.1 Å². The number of phenolic OH excluding ortho intramolecular Hbond substituents is 1. The standard InChI is InChI=1S/C28H29N3O4/c1-16-4-13-23-25(17(16)2)30-27(34)28(23)24(26(33)29-19-7-11-22(35-3)12-8-19)15-20(31-28)14-18-5-9-21(32)10-6-18/h4-13,20,24,31-32H,14-15H2,1-3H3,(H,29,33)(H,30,34)/t20-,24+,28-/m0/s1. The SMILES string of the molecule is COc1ccc(NC(=O)[C@H]2C[C@H](Cc3ccc(O)cc3)N[C@]23C(=O)Nc2c3ccc(C)c2C)cc1. The Bertz CT molecular complexity index is 1290. The highest BCUT2D eigenvalue weighted by atomic mass is 16.5. The van der Waals surface area contributed by atoms with Crippen molar-refractivity contribution < 1.29 is 19.4 Å². The molecule has 3 aromatic rings. The third-order valence-corrected chi connectivity index (χ3v) is 7.32. The monoisotopic (exact) mass is 471 g/mol. The summed E-state index contributed by atoms with van der Waals surface area (Å²) in [5.74, 6) is -0.126. The van der Waals surface area contributed by atoms with Crippen LogP contribution in [0.25, 0.3) is 0 Å². The van der Waals surface area contributed by atoms with Crippen LogP contribution >= 0.6 is 0 Å². The fraction of sp³-hybridized carbons (Fsp3) is 0.286. The molecule has 2 aliphatic heterocycles. The minimum absolute atomic E-state index is 0.107. The highest BCUT2D eigenvalue weighted by molar-refractivity contribution is 6.11. The Morgan fingerprint density at radius 2 is 1.80 bits per heavy atom. The van der Waals surface area contributed by atoms with Crippen molar-refractivity contribution in [1.82, 2.24) is 5.32 Å². The first-order valence-corrected chi connectivity index (χ1v) is 11.7. The zero-order chi connectivity index (χ0) is 24.7. The average molecular weight is 472 g/mol. The number of aryl methyl sites for hydroxylation is 1. The molecule has 7 nitrogen and oxygen atoms in total. The number of nitrogens with one attached hydrogen (secondary N) is 3. The first-order valence-electron chi connectivity index (χ1n) is 11.7. The number of fused-ring (bicyclic) bond motifs is 2. The lowest BCUT2D eigenvalue weighted by Crippen LogP contribution is -2.52. The van der Waals surface area contributed by atoms with Crippen LogP contribution in [0.1, 0.15) is 28.7 Å². The van der Waals surface area contributed by atoms with E-state index in [-0.39, 0.29) is 23.6 Å². The van der Waals surface area contributed by atoms with Gasteiger partial charge in [-0.25, -0.2) is 0 Å². The Morgan fingerprint density at radius 1 is 1.09 bits per heavy atom. The fourth-order valence-electron chi connectivity index (χ4n) is 5.33. The van der Waals surface area contributed by atoms with Crippen molar-refractivity contribution >= 4 is 23.2 Å². The zero-order valence-corrected chi connectivity index (χ0v) is 20.0. The molecule has 3 aromatic carbocycles. The van der Waals surface area contributed by atoms with Crippen LogP contribution in [0.4, 0.5) is 11.4 Å². The van der Waals surface area contributed by atoms with Gasteiger partial charge in [0, 0.05) is 23.0 Å². The van der Waals surface area contributed by atoms with Gasteiger partial charge in [0.15, 0.2) is 0 Å². The van der Waals surface area contributed by atoms with Crippen LogP contribution in [-0.2, 0) is 21.5 Å². The van der Waals surface area contributed by atoms with Gasteiger partial charge in [-0.1, -0.05) is 24.3 Å². The molecule has 5 rings (SSSR count). The van der Waals surface area contributed by atoms with E-state index in [0.29, 0.717) is 24.3 Å². The van der Waals surface area contributed by atoms with Gasteiger partial charge in [0.2, 0.25) is 11.8 Å². The Morgan fingerprint density at radius 3 is 2.49 bits per heavy atom. The van der Waals surface area contributed by atoms with Gasteiger partial charge < -0.3 is 20.5 Å². The van der Waals surface area contributed by atoms with Gasteiger partial charge >= 0.3 is 0 Å². The van der Waals surface area contributed by atoms with Crippen molar-refractivity contribution in [1.29, 1.82) is 0 Å². The molecule has 0 radical (unpaired) electrons. The number of benzene rings is 3. The van der Waals surface area contributed by atoms with Gasteiger partial charge in [0.05, 0.1) is 13.0 Å². The third-order valence-electron chi connectivity index (χ3n) is 7.32. The average Bonchev–Trinajstić information content (AvgIpc) is 3.37. The normalized spacial score (nSPS) is 22.7. The summed E-state index contributed by atoms with van der Waals surface area (Å²) < 4.78 is 5.21. The quantitative estimate of drug-likeness (QED) is 0.450. The summed E-state index contributed by atoms with van der Waals surface area (Å²) in [6, 6.07) is 18.0. The summed E-state index contributed by atoms with van der Waals surface area (Å²) in [6.07, 6.45) is 1.12. The molecular weight excluding hydrogens is 442 g/mol. The second kappa shape index (κ2) is 8.74. The summed E-state index contributed by atoms with van der Waals surface area (Å²) in [5, 5.41) is 19.3. The summed E-state index contributed by atoms with van der Waals surface area (Å²) in [5.41, 5.74) is 4.19. The van der Waals surface area contributed by atoms with Crippen molar-refractivity contribution in [2.75, 3.05) is 17.7 Å². The molecule has 0 bridgehead atoms. The van der Waals surface area contributed by atoms with E-state index < -0.39 is 11.5 Å². The zero-order valence-electron chi connectivity index (χ0n) is 20.0. The van der Waals surface area contributed by atoms with Crippen molar-refractivity contribution in [3.8, 4) is 11.5 Å². The van der Waals surface area contributed by atoms with Gasteiger partial charge in [-0.05, 0) is 79.8 Å². The number of phenols is 1. The maximum absolute atomic E-state index is 13.7. The number of carbonyl (C=O) groups excluding carboxylic acids is 2. The number of aromatic hydroxyl groups is 1. The van der Waals surface area contributed by atoms with Gasteiger partial charge in [-0.15, -0.1) is 0 Å². The van der Waals surface area contributed by atoms with Crippen LogP contribution in [0.5, 0.6) is 11.5 Å². The number of methoxy groups -OCH3 is 1. The number of anilines is 2. The summed E-state index contributed by atoms with van der Waals surface area (Å²) in [6.45, 7) is 4.00. The first-order chi connectivity index (χ1) is 16.8. The molecule has 1 fully saturated rings. The smallest absolute Gasteiger partial charge is 0.250 e. The van der Waals surface area contributed by atoms with E-state index in [1.54, 1.807) is 43.5 Å². The van der Waals surface area contributed by atoms with E-state index in [4.69, 9.17) is 4.74 Å². The molecule has 1 saturated heterocycles. The van der Waals surface area contributed by atoms with Crippen molar-refractivity contribution in [3.05, 3.63) is 82.9 Å². The number of rotatable bonds is 5. The van der Waals surface area contributed by atoms with Crippen LogP contribution < -0.4 is 20.7 Å². The molecule has 180 valence electrons. The van der Waals surface area contributed by atoms with E-state index >= 15 is 0 Å². The number of hydrogen-bond acceptors (Lipinski definition) is 5. The Labute approximate surface area is 204 Å². The minimum Gasteiger partial charge on any atom is -0.508 e. The Hall–Kier alpha value is -3.84. The number of hydrogen-bond donors (Lipinski definition) is 4. The molecule has 3 atom stereocenters.